The van der Waals surface area contributed by atoms with Crippen molar-refractivity contribution in [3.05, 3.63) is 97.2 Å². The number of ether oxygens (including phenoxy) is 3. The van der Waals surface area contributed by atoms with Crippen LogP contribution in [0, 0.1) is 0 Å². The van der Waals surface area contributed by atoms with E-state index < -0.39 is 6.10 Å². The fraction of sp³-hybridized carbons (Fsp3) is 0.684. The van der Waals surface area contributed by atoms with Gasteiger partial charge in [0.05, 0.1) is 6.61 Å². The van der Waals surface area contributed by atoms with Crippen LogP contribution in [0.3, 0.4) is 0 Å². The highest BCUT2D eigenvalue weighted by atomic mass is 16.6. The lowest BCUT2D eigenvalue weighted by molar-refractivity contribution is -0.163. The maximum atomic E-state index is 12.7. The lowest BCUT2D eigenvalue weighted by Gasteiger charge is -2.18. The largest absolute Gasteiger partial charge is 0.462 e. The second kappa shape index (κ2) is 52.2. The van der Waals surface area contributed by atoms with Gasteiger partial charge in [-0.15, -0.1) is 0 Å². The quantitative estimate of drug-likeness (QED) is 0.0347. The Morgan fingerprint density at radius 3 is 1.16 bits per heavy atom. The summed E-state index contributed by atoms with van der Waals surface area (Å²) in [5, 5.41) is 0. The molecule has 0 heterocycles. The summed E-state index contributed by atoms with van der Waals surface area (Å²) >= 11 is 0. The summed E-state index contributed by atoms with van der Waals surface area (Å²) in [5.74, 6) is -0.427. The fourth-order valence-corrected chi connectivity index (χ4v) is 6.84. The number of hydrogen-bond donors (Lipinski definition) is 0. The third-order valence-corrected chi connectivity index (χ3v) is 10.6. The molecule has 0 aromatic heterocycles. The molecule has 62 heavy (non-hydrogen) atoms. The van der Waals surface area contributed by atoms with Crippen LogP contribution in [0.15, 0.2) is 97.2 Å². The van der Waals surface area contributed by atoms with Crippen LogP contribution in [0.2, 0.25) is 0 Å². The van der Waals surface area contributed by atoms with Crippen LogP contribution in [0.5, 0.6) is 0 Å². The van der Waals surface area contributed by atoms with Crippen molar-refractivity contribution in [2.45, 2.75) is 232 Å². The van der Waals surface area contributed by atoms with E-state index in [4.69, 9.17) is 14.2 Å². The molecule has 0 aromatic carbocycles. The summed E-state index contributed by atoms with van der Waals surface area (Å²) in [6.45, 7) is 7.52. The number of allylic oxidation sites excluding steroid dienone is 16. The molecule has 5 nitrogen and oxygen atoms in total. The lowest BCUT2D eigenvalue weighted by atomic mass is 10.1. The Kier molecular flexibility index (Phi) is 49.5. The molecule has 0 saturated heterocycles. The number of carbonyl (C=O) groups is 2. The van der Waals surface area contributed by atoms with Crippen molar-refractivity contribution < 1.29 is 23.8 Å². The molecule has 354 valence electrons. The molecule has 0 aliphatic rings. The number of rotatable bonds is 46. The van der Waals surface area contributed by atoms with Gasteiger partial charge >= 0.3 is 11.9 Å². The zero-order valence-corrected chi connectivity index (χ0v) is 40.6. The van der Waals surface area contributed by atoms with Crippen LogP contribution in [0.4, 0.5) is 0 Å². The molecule has 0 saturated carbocycles. The Balaban J connectivity index is 4.26. The van der Waals surface area contributed by atoms with E-state index in [1.54, 1.807) is 0 Å². The maximum Gasteiger partial charge on any atom is 0.306 e. The van der Waals surface area contributed by atoms with E-state index in [-0.39, 0.29) is 25.2 Å². The van der Waals surface area contributed by atoms with Gasteiger partial charge in [-0.1, -0.05) is 214 Å². The summed E-state index contributed by atoms with van der Waals surface area (Å²) in [4.78, 5) is 25.3. The number of unbranched alkanes of at least 4 members (excludes halogenated alkanes) is 19. The first kappa shape index (κ1) is 58.8. The summed E-state index contributed by atoms with van der Waals surface area (Å²) in [6.07, 6.45) is 69.9. The molecule has 5 heteroatoms. The Labute approximate surface area is 383 Å². The van der Waals surface area contributed by atoms with Crippen molar-refractivity contribution in [1.82, 2.24) is 0 Å². The molecule has 0 radical (unpaired) electrons. The van der Waals surface area contributed by atoms with Gasteiger partial charge in [-0.2, -0.15) is 0 Å². The molecule has 0 amide bonds. The van der Waals surface area contributed by atoms with Gasteiger partial charge in [0, 0.05) is 19.4 Å². The van der Waals surface area contributed by atoms with E-state index in [0.29, 0.717) is 19.4 Å². The minimum atomic E-state index is -0.556. The molecule has 0 N–H and O–H groups in total. The SMILES string of the molecule is CC/C=C\C/C=C\C/C=C\C/C=C\C/C=C\CCCCCCOCC(COC(=O)CCCCCCCCC/C=C\C/C=C\C/C=C\CC)OC(=O)CCCCCCCCCCC. The Hall–Kier alpha value is -3.18. The molecule has 0 aromatic rings. The highest BCUT2D eigenvalue weighted by Gasteiger charge is 2.17. The first-order valence-electron chi connectivity index (χ1n) is 25.8. The van der Waals surface area contributed by atoms with Crippen LogP contribution in [-0.4, -0.2) is 37.9 Å². The van der Waals surface area contributed by atoms with Gasteiger partial charge in [0.2, 0.25) is 0 Å². The molecule has 0 fully saturated rings. The number of carbonyl (C=O) groups excluding carboxylic acids is 2. The van der Waals surface area contributed by atoms with Gasteiger partial charge in [-0.3, -0.25) is 9.59 Å². The second-order valence-corrected chi connectivity index (χ2v) is 16.7. The van der Waals surface area contributed by atoms with E-state index in [0.717, 1.165) is 109 Å². The summed E-state index contributed by atoms with van der Waals surface area (Å²) in [5.41, 5.74) is 0. The molecular weight excluding hydrogens is 765 g/mol. The molecule has 0 aliphatic heterocycles. The molecule has 0 spiro atoms. The van der Waals surface area contributed by atoms with E-state index in [1.165, 1.54) is 83.5 Å². The van der Waals surface area contributed by atoms with Crippen molar-refractivity contribution in [2.24, 2.45) is 0 Å². The molecule has 0 rings (SSSR count). The van der Waals surface area contributed by atoms with Gasteiger partial charge in [0.15, 0.2) is 6.10 Å². The van der Waals surface area contributed by atoms with Crippen molar-refractivity contribution in [3.63, 3.8) is 0 Å². The van der Waals surface area contributed by atoms with Crippen molar-refractivity contribution in [2.75, 3.05) is 19.8 Å². The van der Waals surface area contributed by atoms with Crippen molar-refractivity contribution in [3.8, 4) is 0 Å². The topological polar surface area (TPSA) is 61.8 Å². The zero-order chi connectivity index (χ0) is 44.9. The van der Waals surface area contributed by atoms with E-state index in [2.05, 4.69) is 118 Å². The summed E-state index contributed by atoms with van der Waals surface area (Å²) in [6, 6.07) is 0. The van der Waals surface area contributed by atoms with Gasteiger partial charge in [-0.25, -0.2) is 0 Å². The third-order valence-electron chi connectivity index (χ3n) is 10.6. The zero-order valence-electron chi connectivity index (χ0n) is 40.6. The molecule has 1 unspecified atom stereocenters. The molecule has 0 aliphatic carbocycles. The second-order valence-electron chi connectivity index (χ2n) is 16.7. The normalized spacial score (nSPS) is 13.0. The van der Waals surface area contributed by atoms with Gasteiger partial charge in [0.25, 0.3) is 0 Å². The van der Waals surface area contributed by atoms with Crippen LogP contribution in [-0.2, 0) is 23.8 Å². The number of hydrogen-bond acceptors (Lipinski definition) is 5. The first-order valence-corrected chi connectivity index (χ1v) is 25.8. The molecule has 0 bridgehead atoms. The Morgan fingerprint density at radius 2 is 0.726 bits per heavy atom. The van der Waals surface area contributed by atoms with Crippen LogP contribution >= 0.6 is 0 Å². The van der Waals surface area contributed by atoms with Crippen molar-refractivity contribution in [1.29, 1.82) is 0 Å². The highest BCUT2D eigenvalue weighted by molar-refractivity contribution is 5.70. The minimum Gasteiger partial charge on any atom is -0.462 e. The van der Waals surface area contributed by atoms with Crippen LogP contribution in [0.25, 0.3) is 0 Å². The monoisotopic (exact) mass is 861 g/mol. The third kappa shape index (κ3) is 49.5. The van der Waals surface area contributed by atoms with Gasteiger partial charge in [0.1, 0.15) is 6.61 Å². The van der Waals surface area contributed by atoms with E-state index in [9.17, 15) is 9.59 Å². The number of esters is 2. The summed E-state index contributed by atoms with van der Waals surface area (Å²) in [7, 11) is 0. The molecule has 1 atom stereocenters. The predicted molar refractivity (Wildman–Crippen MR) is 270 cm³/mol. The predicted octanol–water partition coefficient (Wildman–Crippen LogP) is 17.5. The fourth-order valence-electron chi connectivity index (χ4n) is 6.84. The van der Waals surface area contributed by atoms with Crippen molar-refractivity contribution >= 4 is 11.9 Å². The standard InChI is InChI=1S/C57H96O5/c1-4-7-10-13-16-19-21-23-25-27-28-29-31-33-35-37-40-43-46-49-52-60-53-55(62-57(59)51-48-45-42-38-18-15-12-9-6-3)54-61-56(58)50-47-44-41-39-36-34-32-30-26-24-22-20-17-14-11-8-5-2/h7-8,10-11,16-17,19-20,23-26,28-29,33,35,55H,4-6,9,12-15,18,21-22,27,30-32,34,36-54H2,1-3H3/b10-7-,11-8-,19-16-,20-17-,25-23-,26-24-,29-28-,35-33-. The average molecular weight is 861 g/mol. The Bertz CT molecular complexity index is 1200. The smallest absolute Gasteiger partial charge is 0.306 e. The van der Waals surface area contributed by atoms with E-state index >= 15 is 0 Å². The maximum absolute atomic E-state index is 12.7. The summed E-state index contributed by atoms with van der Waals surface area (Å²) < 4.78 is 17.3. The Morgan fingerprint density at radius 1 is 0.371 bits per heavy atom. The lowest BCUT2D eigenvalue weighted by Crippen LogP contribution is -2.30. The first-order chi connectivity index (χ1) is 30.6. The van der Waals surface area contributed by atoms with E-state index in [1.807, 2.05) is 0 Å². The molecular formula is C57H96O5. The van der Waals surface area contributed by atoms with Gasteiger partial charge < -0.3 is 14.2 Å². The van der Waals surface area contributed by atoms with Crippen LogP contribution < -0.4 is 0 Å². The average Bonchev–Trinajstić information content (AvgIpc) is 3.27. The highest BCUT2D eigenvalue weighted by Crippen LogP contribution is 2.14. The van der Waals surface area contributed by atoms with Gasteiger partial charge in [-0.05, 0) is 96.3 Å². The minimum absolute atomic E-state index is 0.0661. The van der Waals surface area contributed by atoms with Crippen LogP contribution in [0.1, 0.15) is 226 Å².